The number of carbonyl (C=O) groups is 1. The highest BCUT2D eigenvalue weighted by atomic mass is 32.2. The Morgan fingerprint density at radius 1 is 1.10 bits per heavy atom. The van der Waals surface area contributed by atoms with Crippen molar-refractivity contribution >= 4 is 27.8 Å². The smallest absolute Gasteiger partial charge is 0.255 e. The van der Waals surface area contributed by atoms with Crippen molar-refractivity contribution in [2.24, 2.45) is 5.10 Å². The summed E-state index contributed by atoms with van der Waals surface area (Å²) in [5.41, 5.74) is 5.55. The Balaban J connectivity index is 1.59. The first kappa shape index (κ1) is 20.8. The molecule has 1 heterocycles. The van der Waals surface area contributed by atoms with Crippen LogP contribution < -0.4 is 15.0 Å². The number of hydrazone groups is 1. The summed E-state index contributed by atoms with van der Waals surface area (Å²) in [6.07, 6.45) is 3.34. The number of fused-ring (bicyclic) bond motifs is 1. The second-order valence-corrected chi connectivity index (χ2v) is 8.97. The van der Waals surface area contributed by atoms with Crippen molar-refractivity contribution in [2.45, 2.75) is 24.2 Å². The van der Waals surface area contributed by atoms with Gasteiger partial charge in [-0.15, -0.1) is 0 Å². The van der Waals surface area contributed by atoms with E-state index < -0.39 is 22.5 Å². The second-order valence-electron chi connectivity index (χ2n) is 7.20. The molecule has 1 aliphatic rings. The number of hydrogen-bond acceptors (Lipinski definition) is 5. The van der Waals surface area contributed by atoms with E-state index in [0.29, 0.717) is 0 Å². The van der Waals surface area contributed by atoms with E-state index in [9.17, 15) is 13.2 Å². The predicted octanol–water partition coefficient (Wildman–Crippen LogP) is 2.38. The van der Waals surface area contributed by atoms with E-state index in [-0.39, 0.29) is 10.3 Å². The van der Waals surface area contributed by atoms with Crippen LogP contribution in [-0.2, 0) is 20.2 Å². The van der Waals surface area contributed by atoms with E-state index >= 15 is 0 Å². The molecule has 0 saturated carbocycles. The molecule has 2 aromatic carbocycles. The van der Waals surface area contributed by atoms with Gasteiger partial charge in [-0.3, -0.25) is 4.79 Å². The Kier molecular flexibility index (Phi) is 5.86. The summed E-state index contributed by atoms with van der Waals surface area (Å²) >= 11 is 0. The SMILES string of the molecule is CN1/C(=C\C=N/NC(=O)CNS(=O)(=O)c2ccccc2)C(C)(C)c2ccccc21. The van der Waals surface area contributed by atoms with Gasteiger partial charge in [-0.1, -0.05) is 50.2 Å². The molecule has 29 heavy (non-hydrogen) atoms. The molecule has 0 unspecified atom stereocenters. The van der Waals surface area contributed by atoms with Gasteiger partial charge in [0, 0.05) is 30.1 Å². The minimum atomic E-state index is -3.73. The standard InChI is InChI=1S/C21H24N4O3S/c1-21(2)17-11-7-8-12-18(17)25(3)19(21)13-14-22-24-20(26)15-23-29(27,28)16-9-5-4-6-10-16/h4-14,23H,15H2,1-3H3,(H,24,26)/b19-13-,22-14-. The average molecular weight is 413 g/mol. The lowest BCUT2D eigenvalue weighted by Gasteiger charge is -2.23. The molecule has 1 amide bonds. The van der Waals surface area contributed by atoms with Crippen molar-refractivity contribution in [2.75, 3.05) is 18.5 Å². The number of nitrogens with one attached hydrogen (secondary N) is 2. The molecule has 0 atom stereocenters. The van der Waals surface area contributed by atoms with Gasteiger partial charge in [0.25, 0.3) is 5.91 Å². The van der Waals surface area contributed by atoms with Gasteiger partial charge in [-0.25, -0.2) is 18.6 Å². The van der Waals surface area contributed by atoms with Crippen LogP contribution in [0.25, 0.3) is 0 Å². The highest BCUT2D eigenvalue weighted by molar-refractivity contribution is 7.89. The van der Waals surface area contributed by atoms with Gasteiger partial charge in [0.1, 0.15) is 0 Å². The maximum atomic E-state index is 12.1. The molecule has 0 aliphatic carbocycles. The van der Waals surface area contributed by atoms with Gasteiger partial charge >= 0.3 is 0 Å². The number of nitrogens with zero attached hydrogens (tertiary/aromatic N) is 2. The molecular formula is C21H24N4O3S. The molecule has 7 nitrogen and oxygen atoms in total. The molecule has 152 valence electrons. The van der Waals surface area contributed by atoms with Crippen LogP contribution in [0.5, 0.6) is 0 Å². The van der Waals surface area contributed by atoms with E-state index in [1.54, 1.807) is 18.2 Å². The fourth-order valence-electron chi connectivity index (χ4n) is 3.40. The monoisotopic (exact) mass is 412 g/mol. The fraction of sp³-hybridized carbons (Fsp3) is 0.238. The third-order valence-electron chi connectivity index (χ3n) is 4.91. The quantitative estimate of drug-likeness (QED) is 0.563. The number of allylic oxidation sites excluding steroid dienone is 2. The van der Waals surface area contributed by atoms with Crippen LogP contribution in [0, 0.1) is 0 Å². The number of carbonyl (C=O) groups excluding carboxylic acids is 1. The van der Waals surface area contributed by atoms with Crippen molar-refractivity contribution in [3.05, 3.63) is 71.9 Å². The van der Waals surface area contributed by atoms with E-state index in [0.717, 1.165) is 11.4 Å². The van der Waals surface area contributed by atoms with Gasteiger partial charge in [-0.05, 0) is 29.8 Å². The summed E-state index contributed by atoms with van der Waals surface area (Å²) in [5, 5.41) is 3.91. The minimum absolute atomic E-state index is 0.104. The zero-order valence-corrected chi connectivity index (χ0v) is 17.4. The number of benzene rings is 2. The van der Waals surface area contributed by atoms with Crippen LogP contribution in [0.2, 0.25) is 0 Å². The average Bonchev–Trinajstić information content (AvgIpc) is 2.91. The van der Waals surface area contributed by atoms with E-state index in [2.05, 4.69) is 46.1 Å². The Hall–Kier alpha value is -2.97. The molecule has 0 spiro atoms. The molecule has 2 N–H and O–H groups in total. The number of para-hydroxylation sites is 1. The van der Waals surface area contributed by atoms with E-state index in [4.69, 9.17) is 0 Å². The van der Waals surface area contributed by atoms with Crippen LogP contribution in [0.15, 0.2) is 76.4 Å². The highest BCUT2D eigenvalue weighted by Crippen LogP contribution is 2.46. The number of sulfonamides is 1. The number of likely N-dealkylation sites (N-methyl/N-ethyl adjacent to an activating group) is 1. The number of hydrogen-bond donors (Lipinski definition) is 2. The van der Waals surface area contributed by atoms with Crippen LogP contribution in [0.4, 0.5) is 5.69 Å². The number of anilines is 1. The summed E-state index contributed by atoms with van der Waals surface area (Å²) < 4.78 is 26.5. The van der Waals surface area contributed by atoms with Crippen molar-refractivity contribution in [1.29, 1.82) is 0 Å². The molecule has 0 bridgehead atoms. The molecule has 8 heteroatoms. The number of rotatable bonds is 6. The van der Waals surface area contributed by atoms with Crippen LogP contribution in [0.1, 0.15) is 19.4 Å². The third-order valence-corrected chi connectivity index (χ3v) is 6.33. The van der Waals surface area contributed by atoms with Gasteiger partial charge in [0.2, 0.25) is 10.0 Å². The molecular weight excluding hydrogens is 388 g/mol. The largest absolute Gasteiger partial charge is 0.347 e. The molecule has 0 aromatic heterocycles. The lowest BCUT2D eigenvalue weighted by molar-refractivity contribution is -0.119. The van der Waals surface area contributed by atoms with Crippen LogP contribution in [-0.4, -0.2) is 34.1 Å². The lowest BCUT2D eigenvalue weighted by Crippen LogP contribution is -2.34. The van der Waals surface area contributed by atoms with Crippen LogP contribution in [0.3, 0.4) is 0 Å². The zero-order valence-electron chi connectivity index (χ0n) is 16.6. The molecule has 1 aliphatic heterocycles. The summed E-state index contributed by atoms with van der Waals surface area (Å²) in [6, 6.07) is 16.1. The molecule has 0 radical (unpaired) electrons. The van der Waals surface area contributed by atoms with Gasteiger partial charge < -0.3 is 4.90 Å². The van der Waals surface area contributed by atoms with Crippen molar-refractivity contribution in [1.82, 2.24) is 10.1 Å². The predicted molar refractivity (Wildman–Crippen MR) is 114 cm³/mol. The highest BCUT2D eigenvalue weighted by Gasteiger charge is 2.37. The second kappa shape index (κ2) is 8.18. The zero-order chi connectivity index (χ0) is 21.1. The molecule has 0 saturated heterocycles. The van der Waals surface area contributed by atoms with Crippen LogP contribution >= 0.6 is 0 Å². The first-order valence-electron chi connectivity index (χ1n) is 9.14. The Bertz CT molecular complexity index is 1060. The van der Waals surface area contributed by atoms with Gasteiger partial charge in [0.05, 0.1) is 11.4 Å². The first-order chi connectivity index (χ1) is 13.7. The van der Waals surface area contributed by atoms with Gasteiger partial charge in [-0.2, -0.15) is 5.10 Å². The third kappa shape index (κ3) is 4.38. The minimum Gasteiger partial charge on any atom is -0.347 e. The normalized spacial score (nSPS) is 16.9. The Morgan fingerprint density at radius 2 is 1.76 bits per heavy atom. The number of amides is 1. The van der Waals surface area contributed by atoms with Crippen molar-refractivity contribution < 1.29 is 13.2 Å². The lowest BCUT2D eigenvalue weighted by atomic mass is 9.84. The van der Waals surface area contributed by atoms with Crippen molar-refractivity contribution in [3.8, 4) is 0 Å². The molecule has 2 aromatic rings. The summed E-state index contributed by atoms with van der Waals surface area (Å²) in [4.78, 5) is 14.1. The fourth-order valence-corrected chi connectivity index (χ4v) is 4.41. The Morgan fingerprint density at radius 3 is 2.45 bits per heavy atom. The maximum absolute atomic E-state index is 12.1. The molecule has 3 rings (SSSR count). The Labute approximate surface area is 171 Å². The topological polar surface area (TPSA) is 90.9 Å². The van der Waals surface area contributed by atoms with Crippen molar-refractivity contribution in [3.63, 3.8) is 0 Å². The first-order valence-corrected chi connectivity index (χ1v) is 10.6. The summed E-state index contributed by atoms with van der Waals surface area (Å²) in [5.74, 6) is -0.554. The summed E-state index contributed by atoms with van der Waals surface area (Å²) in [6.45, 7) is 3.86. The van der Waals surface area contributed by atoms with E-state index in [1.165, 1.54) is 23.9 Å². The molecule has 0 fully saturated rings. The summed E-state index contributed by atoms with van der Waals surface area (Å²) in [7, 11) is -1.74. The van der Waals surface area contributed by atoms with E-state index in [1.807, 2.05) is 25.3 Å². The van der Waals surface area contributed by atoms with Gasteiger partial charge in [0.15, 0.2) is 0 Å². The maximum Gasteiger partial charge on any atom is 0.255 e.